The minimum atomic E-state index is -1.53. The fraction of sp³-hybridized carbons (Fsp3) is 0.500. The number of hydrogen-bond donors (Lipinski definition) is 1. The van der Waals surface area contributed by atoms with Crippen LogP contribution in [0.4, 0.5) is 5.69 Å². The van der Waals surface area contributed by atoms with Crippen LogP contribution in [0.2, 0.25) is 5.02 Å². The number of benzene rings is 2. The molecule has 1 saturated carbocycles. The van der Waals surface area contributed by atoms with E-state index in [4.69, 9.17) is 21.1 Å². The molecule has 1 aliphatic carbocycles. The zero-order valence-corrected chi connectivity index (χ0v) is 31.4. The van der Waals surface area contributed by atoms with Crippen LogP contribution in [0, 0.1) is 17.8 Å². The fourth-order valence-electron chi connectivity index (χ4n) is 7.33. The minimum absolute atomic E-state index is 0.116. The van der Waals surface area contributed by atoms with Gasteiger partial charge < -0.3 is 14.4 Å². The number of allylic oxidation sites excluding steroid dienone is 2. The van der Waals surface area contributed by atoms with E-state index in [0.29, 0.717) is 29.9 Å². The summed E-state index contributed by atoms with van der Waals surface area (Å²) in [6.45, 7) is 12.4. The van der Waals surface area contributed by atoms with Crippen molar-refractivity contribution in [2.45, 2.75) is 83.8 Å². The first-order chi connectivity index (χ1) is 23.7. The molecule has 0 spiro atoms. The summed E-state index contributed by atoms with van der Waals surface area (Å²) >= 11 is 6.46. The van der Waals surface area contributed by atoms with E-state index in [2.05, 4.69) is 58.8 Å². The summed E-state index contributed by atoms with van der Waals surface area (Å²) in [6, 6.07) is 15.9. The number of ether oxygens (including phenoxy) is 2. The Kier molecular flexibility index (Phi) is 12.8. The normalized spacial score (nSPS) is 27.5. The lowest BCUT2D eigenvalue weighted by molar-refractivity contribution is 0.0982. The minimum Gasteiger partial charge on any atom is -0.491 e. The van der Waals surface area contributed by atoms with E-state index in [-0.39, 0.29) is 28.9 Å². The van der Waals surface area contributed by atoms with Crippen LogP contribution in [0.3, 0.4) is 0 Å². The van der Waals surface area contributed by atoms with Crippen LogP contribution in [0.25, 0.3) is 0 Å². The number of rotatable bonds is 5. The second kappa shape index (κ2) is 17.0. The standard InChI is InChI=1S/C38H46ClN3O4S.C2H6/c1-5-7-26-18-31(39)13-15-32(26)30-22-42-21-29-10-14-34(29)33(28-12-17-37(45-4)40-20-28)9-6-8-24(2)25(3)47(44)41-38(43)27-11-16-36(46-23-30)35(42)19-27;1-2/h6,9,11-13,15-20,24-25,29-30,33-34H,5,7-8,10,14,21-23H2,1-4H3,(H,41,43);1-2H3/b9-6+;. The van der Waals surface area contributed by atoms with Gasteiger partial charge in [0.1, 0.15) is 16.7 Å². The Morgan fingerprint density at radius 1 is 1.08 bits per heavy atom. The van der Waals surface area contributed by atoms with Crippen molar-refractivity contribution < 1.29 is 18.5 Å². The molecule has 2 aromatic carbocycles. The zero-order valence-electron chi connectivity index (χ0n) is 29.8. The van der Waals surface area contributed by atoms with Gasteiger partial charge in [0.2, 0.25) is 5.88 Å². The van der Waals surface area contributed by atoms with Gasteiger partial charge in [0.25, 0.3) is 5.91 Å². The summed E-state index contributed by atoms with van der Waals surface area (Å²) in [5, 5.41) is 0.536. The van der Waals surface area contributed by atoms with E-state index < -0.39 is 11.0 Å². The third kappa shape index (κ3) is 8.51. The maximum atomic E-state index is 13.4. The van der Waals surface area contributed by atoms with Crippen LogP contribution >= 0.6 is 11.6 Å². The molecule has 7 nitrogen and oxygen atoms in total. The molecule has 1 aromatic heterocycles. The van der Waals surface area contributed by atoms with Crippen LogP contribution < -0.4 is 19.1 Å². The van der Waals surface area contributed by atoms with Gasteiger partial charge in [0.05, 0.1) is 24.7 Å². The summed E-state index contributed by atoms with van der Waals surface area (Å²) in [7, 11) is 0.108. The predicted molar refractivity (Wildman–Crippen MR) is 201 cm³/mol. The van der Waals surface area contributed by atoms with Crippen molar-refractivity contribution in [3.05, 3.63) is 94.2 Å². The second-order valence-electron chi connectivity index (χ2n) is 13.4. The number of aromatic nitrogens is 1. The van der Waals surface area contributed by atoms with Crippen molar-refractivity contribution in [3.8, 4) is 11.6 Å². The number of pyridine rings is 1. The number of fused-ring (bicyclic) bond motifs is 2. The Morgan fingerprint density at radius 3 is 2.59 bits per heavy atom. The predicted octanol–water partition coefficient (Wildman–Crippen LogP) is 8.89. The van der Waals surface area contributed by atoms with Crippen LogP contribution in [0.15, 0.2) is 66.9 Å². The molecule has 1 amide bonds. The van der Waals surface area contributed by atoms with Gasteiger partial charge in [-0.25, -0.2) is 9.19 Å². The van der Waals surface area contributed by atoms with Gasteiger partial charge in [-0.15, -0.1) is 0 Å². The van der Waals surface area contributed by atoms with Crippen molar-refractivity contribution >= 4 is 34.2 Å². The number of carbonyl (C=O) groups is 1. The number of anilines is 1. The number of hydrogen-bond acceptors (Lipinski definition) is 6. The Labute approximate surface area is 300 Å². The highest BCUT2D eigenvalue weighted by atomic mass is 35.5. The molecule has 3 heterocycles. The monoisotopic (exact) mass is 705 g/mol. The molecule has 2 aliphatic heterocycles. The molecule has 7 unspecified atom stereocenters. The third-order valence-corrected chi connectivity index (χ3v) is 12.2. The number of aryl methyl sites for hydroxylation is 1. The molecule has 2 bridgehead atoms. The van der Waals surface area contributed by atoms with Crippen molar-refractivity contribution in [3.63, 3.8) is 0 Å². The van der Waals surface area contributed by atoms with Gasteiger partial charge in [-0.05, 0) is 97.4 Å². The number of methoxy groups -OCH3 is 1. The highest BCUT2D eigenvalue weighted by Crippen LogP contribution is 2.47. The molecule has 3 aliphatic rings. The topological polar surface area (TPSA) is 80.8 Å². The second-order valence-corrected chi connectivity index (χ2v) is 15.4. The number of halogens is 1. The van der Waals surface area contributed by atoms with Gasteiger partial charge in [-0.1, -0.05) is 70.0 Å². The highest BCUT2D eigenvalue weighted by Gasteiger charge is 2.39. The van der Waals surface area contributed by atoms with Crippen molar-refractivity contribution in [2.24, 2.45) is 17.8 Å². The number of amides is 1. The molecule has 9 heteroatoms. The molecule has 7 atom stereocenters. The Bertz CT molecular complexity index is 1630. The lowest BCUT2D eigenvalue weighted by Crippen LogP contribution is -2.42. The fourth-order valence-corrected chi connectivity index (χ4v) is 8.54. The van der Waals surface area contributed by atoms with Gasteiger partial charge in [-0.2, -0.15) is 0 Å². The smallest absolute Gasteiger partial charge is 0.263 e. The Balaban J connectivity index is 0.00000230. The van der Waals surface area contributed by atoms with Crippen LogP contribution in [-0.2, 0) is 17.4 Å². The van der Waals surface area contributed by atoms with Gasteiger partial charge in [-0.3, -0.25) is 9.52 Å². The molecular weight excluding hydrogens is 654 g/mol. The first kappa shape index (κ1) is 36.9. The quantitative estimate of drug-likeness (QED) is 0.267. The molecule has 0 radical (unpaired) electrons. The third-order valence-electron chi connectivity index (χ3n) is 10.4. The lowest BCUT2D eigenvalue weighted by Gasteiger charge is -2.44. The number of nitrogens with zero attached hydrogens (tertiary/aromatic N) is 2. The van der Waals surface area contributed by atoms with E-state index in [1.807, 2.05) is 51.2 Å². The molecule has 0 saturated heterocycles. The zero-order chi connectivity index (χ0) is 35.1. The average Bonchev–Trinajstić information content (AvgIpc) is 3.29. The van der Waals surface area contributed by atoms with Crippen molar-refractivity contribution in [2.75, 3.05) is 31.7 Å². The first-order valence-electron chi connectivity index (χ1n) is 17.9. The molecule has 6 rings (SSSR count). The molecule has 264 valence electrons. The summed E-state index contributed by atoms with van der Waals surface area (Å²) in [5.74, 6) is 2.36. The first-order valence-corrected chi connectivity index (χ1v) is 19.5. The number of carbonyl (C=O) groups excluding carboxylic acids is 1. The molecule has 1 N–H and O–H groups in total. The van der Waals surface area contributed by atoms with Gasteiger partial charge in [0.15, 0.2) is 0 Å². The van der Waals surface area contributed by atoms with E-state index in [1.54, 1.807) is 13.2 Å². The SMILES string of the molecule is CC.CCCc1cc(Cl)ccc1C1COc2ccc3cc2N(C1)CC1CCC1C(c1ccc(OC)nc1)/C=C/CC(C)C(C)S(=O)NC3=O. The molecular formula is C40H52ClN3O4S. The van der Waals surface area contributed by atoms with Crippen LogP contribution in [-0.4, -0.2) is 47.2 Å². The highest BCUT2D eigenvalue weighted by molar-refractivity contribution is 7.84. The Morgan fingerprint density at radius 2 is 1.90 bits per heavy atom. The summed E-state index contributed by atoms with van der Waals surface area (Å²) in [4.78, 5) is 20.4. The van der Waals surface area contributed by atoms with E-state index in [9.17, 15) is 9.00 Å². The van der Waals surface area contributed by atoms with E-state index >= 15 is 0 Å². The molecule has 3 aromatic rings. The Hall–Kier alpha value is -3.36. The summed E-state index contributed by atoms with van der Waals surface area (Å²) < 4.78 is 28.0. The van der Waals surface area contributed by atoms with Crippen LogP contribution in [0.1, 0.15) is 99.2 Å². The lowest BCUT2D eigenvalue weighted by atomic mass is 9.65. The molecule has 49 heavy (non-hydrogen) atoms. The maximum absolute atomic E-state index is 13.4. The van der Waals surface area contributed by atoms with Crippen molar-refractivity contribution in [1.82, 2.24) is 9.71 Å². The maximum Gasteiger partial charge on any atom is 0.263 e. The molecule has 1 fully saturated rings. The van der Waals surface area contributed by atoms with E-state index in [0.717, 1.165) is 61.7 Å². The van der Waals surface area contributed by atoms with Crippen LogP contribution in [0.5, 0.6) is 11.6 Å². The largest absolute Gasteiger partial charge is 0.491 e. The van der Waals surface area contributed by atoms with Gasteiger partial charge in [0, 0.05) is 47.8 Å². The summed E-state index contributed by atoms with van der Waals surface area (Å²) in [6.07, 6.45) is 11.5. The number of nitrogens with one attached hydrogen (secondary N) is 1. The summed E-state index contributed by atoms with van der Waals surface area (Å²) in [5.41, 5.74) is 5.11. The average molecular weight is 706 g/mol. The van der Waals surface area contributed by atoms with Gasteiger partial charge >= 0.3 is 0 Å². The van der Waals surface area contributed by atoms with Crippen molar-refractivity contribution in [1.29, 1.82) is 0 Å². The van der Waals surface area contributed by atoms with E-state index in [1.165, 1.54) is 16.7 Å².